The number of thiazole rings is 1. The lowest BCUT2D eigenvalue weighted by molar-refractivity contribution is 0.495. The average Bonchev–Trinajstić information content (AvgIpc) is 2.96. The van der Waals surface area contributed by atoms with Crippen molar-refractivity contribution in [2.75, 3.05) is 11.9 Å². The summed E-state index contributed by atoms with van der Waals surface area (Å²) in [5, 5.41) is 17.7. The van der Waals surface area contributed by atoms with Crippen molar-refractivity contribution in [2.24, 2.45) is 0 Å². The minimum absolute atomic E-state index is 0.681. The highest BCUT2D eigenvalue weighted by Crippen LogP contribution is 2.12. The lowest BCUT2D eigenvalue weighted by Crippen LogP contribution is -2.29. The smallest absolute Gasteiger partial charge is 0.182 e. The lowest BCUT2D eigenvalue weighted by atomic mass is 10.4. The topological polar surface area (TPSA) is 67.7 Å². The third kappa shape index (κ3) is 1.79. The zero-order valence-corrected chi connectivity index (χ0v) is 9.50. The van der Waals surface area contributed by atoms with Crippen LogP contribution in [0.3, 0.4) is 0 Å². The molecule has 6 nitrogen and oxygen atoms in total. The summed E-state index contributed by atoms with van der Waals surface area (Å²) in [4.78, 5) is 4.17. The predicted molar refractivity (Wildman–Crippen MR) is 61.2 cm³/mol. The fraction of sp³-hybridized carbons (Fsp3) is 0.444. The van der Waals surface area contributed by atoms with Crippen LogP contribution in [0, 0.1) is 0 Å². The molecule has 0 unspecified atom stereocenters. The van der Waals surface area contributed by atoms with Crippen molar-refractivity contribution < 1.29 is 0 Å². The van der Waals surface area contributed by atoms with Gasteiger partial charge in [0.25, 0.3) is 0 Å². The first-order chi connectivity index (χ1) is 7.93. The van der Waals surface area contributed by atoms with Crippen LogP contribution >= 0.6 is 11.3 Å². The zero-order chi connectivity index (χ0) is 10.8. The van der Waals surface area contributed by atoms with Crippen molar-refractivity contribution in [3.8, 4) is 0 Å². The quantitative estimate of drug-likeness (QED) is 0.810. The maximum atomic E-state index is 4.18. The first-order valence-corrected chi connectivity index (χ1v) is 6.06. The second kappa shape index (κ2) is 4.18. The molecule has 84 valence electrons. The van der Waals surface area contributed by atoms with Crippen LogP contribution < -0.4 is 10.6 Å². The molecule has 0 saturated heterocycles. The summed E-state index contributed by atoms with van der Waals surface area (Å²) in [5.74, 6) is 1.99. The Morgan fingerprint density at radius 3 is 3.38 bits per heavy atom. The Hall–Kier alpha value is -1.47. The third-order valence-corrected chi connectivity index (χ3v) is 3.26. The molecule has 2 aromatic rings. The Labute approximate surface area is 96.7 Å². The molecule has 0 saturated carbocycles. The second-order valence-electron chi connectivity index (χ2n) is 3.55. The standard InChI is InChI=1S/C9H12N6S/c1-3-15-7(5-10-1)13-14-8(15)6-12-9-11-2-4-16-9/h2,4,10H,1,3,5-6H2,(H,11,12). The Morgan fingerprint density at radius 2 is 2.50 bits per heavy atom. The molecular weight excluding hydrogens is 224 g/mol. The van der Waals surface area contributed by atoms with E-state index < -0.39 is 0 Å². The van der Waals surface area contributed by atoms with Crippen LogP contribution in [0.1, 0.15) is 11.6 Å². The first-order valence-electron chi connectivity index (χ1n) is 5.18. The van der Waals surface area contributed by atoms with Crippen molar-refractivity contribution in [3.63, 3.8) is 0 Å². The first kappa shape index (κ1) is 9.73. The van der Waals surface area contributed by atoms with E-state index in [1.165, 1.54) is 0 Å². The largest absolute Gasteiger partial charge is 0.354 e. The molecule has 16 heavy (non-hydrogen) atoms. The van der Waals surface area contributed by atoms with Crippen molar-refractivity contribution >= 4 is 16.5 Å². The predicted octanol–water partition coefficient (Wildman–Crippen LogP) is 0.450. The van der Waals surface area contributed by atoms with Crippen LogP contribution in [0.4, 0.5) is 5.13 Å². The van der Waals surface area contributed by atoms with Gasteiger partial charge in [0.05, 0.1) is 13.1 Å². The second-order valence-corrected chi connectivity index (χ2v) is 4.45. The van der Waals surface area contributed by atoms with E-state index in [0.29, 0.717) is 6.54 Å². The van der Waals surface area contributed by atoms with Crippen molar-refractivity contribution in [2.45, 2.75) is 19.6 Å². The molecule has 0 amide bonds. The van der Waals surface area contributed by atoms with E-state index in [0.717, 1.165) is 36.4 Å². The molecule has 7 heteroatoms. The fourth-order valence-electron chi connectivity index (χ4n) is 1.75. The van der Waals surface area contributed by atoms with Crippen LogP contribution in [-0.4, -0.2) is 26.3 Å². The summed E-state index contributed by atoms with van der Waals surface area (Å²) in [5.41, 5.74) is 0. The van der Waals surface area contributed by atoms with Crippen LogP contribution in [0.25, 0.3) is 0 Å². The van der Waals surface area contributed by atoms with Crippen LogP contribution in [0.15, 0.2) is 11.6 Å². The number of aromatic nitrogens is 4. The van der Waals surface area contributed by atoms with Gasteiger partial charge in [-0.1, -0.05) is 0 Å². The summed E-state index contributed by atoms with van der Waals surface area (Å²) < 4.78 is 2.16. The van der Waals surface area contributed by atoms with Gasteiger partial charge >= 0.3 is 0 Å². The molecule has 0 spiro atoms. The maximum absolute atomic E-state index is 4.18. The molecule has 0 radical (unpaired) electrons. The normalized spacial score (nSPS) is 14.8. The molecule has 1 aliphatic heterocycles. The summed E-state index contributed by atoms with van der Waals surface area (Å²) in [7, 11) is 0. The minimum Gasteiger partial charge on any atom is -0.354 e. The highest BCUT2D eigenvalue weighted by Gasteiger charge is 2.14. The SMILES string of the molecule is c1csc(NCc2nnc3n2CCNC3)n1. The Morgan fingerprint density at radius 1 is 1.50 bits per heavy atom. The third-order valence-electron chi connectivity index (χ3n) is 2.53. The number of hydrogen-bond acceptors (Lipinski definition) is 6. The van der Waals surface area contributed by atoms with E-state index in [1.807, 2.05) is 5.38 Å². The van der Waals surface area contributed by atoms with Gasteiger partial charge in [0, 0.05) is 24.7 Å². The number of rotatable bonds is 3. The van der Waals surface area contributed by atoms with Gasteiger partial charge in [0.15, 0.2) is 11.0 Å². The van der Waals surface area contributed by atoms with Gasteiger partial charge in [-0.2, -0.15) is 0 Å². The summed E-state index contributed by atoms with van der Waals surface area (Å²) in [6, 6.07) is 0. The Kier molecular flexibility index (Phi) is 2.55. The lowest BCUT2D eigenvalue weighted by Gasteiger charge is -2.15. The Bertz CT molecular complexity index is 462. The van der Waals surface area contributed by atoms with E-state index in [1.54, 1.807) is 17.5 Å². The molecule has 2 N–H and O–H groups in total. The molecule has 3 heterocycles. The van der Waals surface area contributed by atoms with Gasteiger partial charge in [-0.15, -0.1) is 21.5 Å². The van der Waals surface area contributed by atoms with Crippen molar-refractivity contribution in [3.05, 3.63) is 23.2 Å². The van der Waals surface area contributed by atoms with Crippen LogP contribution in [0.5, 0.6) is 0 Å². The molecule has 3 rings (SSSR count). The highest BCUT2D eigenvalue weighted by molar-refractivity contribution is 7.13. The zero-order valence-electron chi connectivity index (χ0n) is 8.68. The average molecular weight is 236 g/mol. The summed E-state index contributed by atoms with van der Waals surface area (Å²) in [6.07, 6.45) is 1.79. The van der Waals surface area contributed by atoms with E-state index >= 15 is 0 Å². The molecule has 2 aromatic heterocycles. The minimum atomic E-state index is 0.681. The number of fused-ring (bicyclic) bond motifs is 1. The van der Waals surface area contributed by atoms with Crippen LogP contribution in [-0.2, 0) is 19.6 Å². The van der Waals surface area contributed by atoms with Gasteiger partial charge in [0.1, 0.15) is 5.82 Å². The number of nitrogens with zero attached hydrogens (tertiary/aromatic N) is 4. The molecular formula is C9H12N6S. The highest BCUT2D eigenvalue weighted by atomic mass is 32.1. The van der Waals surface area contributed by atoms with Crippen molar-refractivity contribution in [1.29, 1.82) is 0 Å². The summed E-state index contributed by atoms with van der Waals surface area (Å²) in [6.45, 7) is 3.41. The number of hydrogen-bond donors (Lipinski definition) is 2. The molecule has 0 aromatic carbocycles. The van der Waals surface area contributed by atoms with Gasteiger partial charge in [-0.3, -0.25) is 0 Å². The van der Waals surface area contributed by atoms with Crippen molar-refractivity contribution in [1.82, 2.24) is 25.1 Å². The number of anilines is 1. The Balaban J connectivity index is 1.72. The molecule has 0 fully saturated rings. The molecule has 0 bridgehead atoms. The van der Waals surface area contributed by atoms with E-state index in [2.05, 4.69) is 30.4 Å². The van der Waals surface area contributed by atoms with Gasteiger partial charge in [0.2, 0.25) is 0 Å². The molecule has 0 aliphatic carbocycles. The van der Waals surface area contributed by atoms with Gasteiger partial charge in [-0.05, 0) is 0 Å². The van der Waals surface area contributed by atoms with Gasteiger partial charge < -0.3 is 15.2 Å². The fourth-order valence-corrected chi connectivity index (χ4v) is 2.28. The van der Waals surface area contributed by atoms with Gasteiger partial charge in [-0.25, -0.2) is 4.98 Å². The summed E-state index contributed by atoms with van der Waals surface area (Å²) >= 11 is 1.59. The molecule has 0 atom stereocenters. The molecule has 1 aliphatic rings. The van der Waals surface area contributed by atoms with E-state index in [9.17, 15) is 0 Å². The number of nitrogens with one attached hydrogen (secondary N) is 2. The monoisotopic (exact) mass is 236 g/mol. The van der Waals surface area contributed by atoms with E-state index in [-0.39, 0.29) is 0 Å². The maximum Gasteiger partial charge on any atom is 0.182 e. The van der Waals surface area contributed by atoms with Crippen LogP contribution in [0.2, 0.25) is 0 Å². The van der Waals surface area contributed by atoms with E-state index in [4.69, 9.17) is 0 Å².